The first kappa shape index (κ1) is 16.7. The summed E-state index contributed by atoms with van der Waals surface area (Å²) in [6.45, 7) is 4.74. The van der Waals surface area contributed by atoms with Gasteiger partial charge in [0.1, 0.15) is 11.5 Å². The van der Waals surface area contributed by atoms with Crippen LogP contribution >= 0.6 is 0 Å². The van der Waals surface area contributed by atoms with Crippen LogP contribution in [-0.4, -0.2) is 70.0 Å². The van der Waals surface area contributed by atoms with Gasteiger partial charge in [0.25, 0.3) is 5.91 Å². The zero-order valence-corrected chi connectivity index (χ0v) is 14.8. The van der Waals surface area contributed by atoms with Crippen LogP contribution in [0, 0.1) is 0 Å². The molecule has 0 radical (unpaired) electrons. The van der Waals surface area contributed by atoms with Crippen LogP contribution in [-0.2, 0) is 0 Å². The van der Waals surface area contributed by atoms with Crippen LogP contribution in [0.1, 0.15) is 29.8 Å². The molecule has 2 aliphatic rings. The van der Waals surface area contributed by atoms with Gasteiger partial charge in [-0.05, 0) is 25.3 Å². The van der Waals surface area contributed by atoms with Gasteiger partial charge in [-0.25, -0.2) is 19.9 Å². The summed E-state index contributed by atoms with van der Waals surface area (Å²) in [4.78, 5) is 36.2. The van der Waals surface area contributed by atoms with Crippen LogP contribution in [0.3, 0.4) is 0 Å². The molecular weight excluding hydrogens is 330 g/mol. The van der Waals surface area contributed by atoms with Crippen molar-refractivity contribution >= 4 is 17.7 Å². The first-order chi connectivity index (χ1) is 12.8. The molecule has 0 bridgehead atoms. The smallest absolute Gasteiger partial charge is 0.274 e. The Morgan fingerprint density at radius 1 is 0.769 bits per heavy atom. The SMILES string of the molecule is O=C(c1cnc(N2CCCCC2)cn1)N1CCN(c2ncccn2)CC1. The van der Waals surface area contributed by atoms with Crippen molar-refractivity contribution in [1.29, 1.82) is 0 Å². The molecule has 136 valence electrons. The fraction of sp³-hybridized carbons (Fsp3) is 0.500. The third kappa shape index (κ3) is 3.58. The van der Waals surface area contributed by atoms with Crippen LogP contribution in [0.4, 0.5) is 11.8 Å². The average molecular weight is 353 g/mol. The summed E-state index contributed by atoms with van der Waals surface area (Å²) in [7, 11) is 0. The summed E-state index contributed by atoms with van der Waals surface area (Å²) in [5, 5.41) is 0. The van der Waals surface area contributed by atoms with E-state index >= 15 is 0 Å². The normalized spacial score (nSPS) is 18.1. The Balaban J connectivity index is 1.36. The van der Waals surface area contributed by atoms with Gasteiger partial charge < -0.3 is 14.7 Å². The van der Waals surface area contributed by atoms with Crippen molar-refractivity contribution < 1.29 is 4.79 Å². The quantitative estimate of drug-likeness (QED) is 0.821. The molecule has 2 aliphatic heterocycles. The lowest BCUT2D eigenvalue weighted by atomic mass is 10.1. The minimum absolute atomic E-state index is 0.0590. The summed E-state index contributed by atoms with van der Waals surface area (Å²) in [5.74, 6) is 1.52. The van der Waals surface area contributed by atoms with Crippen molar-refractivity contribution in [1.82, 2.24) is 24.8 Å². The highest BCUT2D eigenvalue weighted by molar-refractivity contribution is 5.92. The third-order valence-corrected chi connectivity index (χ3v) is 4.94. The van der Waals surface area contributed by atoms with E-state index in [1.165, 1.54) is 19.3 Å². The molecule has 1 amide bonds. The van der Waals surface area contributed by atoms with E-state index in [4.69, 9.17) is 0 Å². The molecule has 26 heavy (non-hydrogen) atoms. The van der Waals surface area contributed by atoms with Crippen molar-refractivity contribution in [3.8, 4) is 0 Å². The molecule has 0 unspecified atom stereocenters. The van der Waals surface area contributed by atoms with Crippen molar-refractivity contribution in [2.45, 2.75) is 19.3 Å². The third-order valence-electron chi connectivity index (χ3n) is 4.94. The monoisotopic (exact) mass is 353 g/mol. The van der Waals surface area contributed by atoms with E-state index < -0.39 is 0 Å². The van der Waals surface area contributed by atoms with Crippen LogP contribution in [0.25, 0.3) is 0 Å². The zero-order chi connectivity index (χ0) is 17.8. The Hall–Kier alpha value is -2.77. The maximum atomic E-state index is 12.7. The summed E-state index contributed by atoms with van der Waals surface area (Å²) in [5.41, 5.74) is 0.412. The minimum Gasteiger partial charge on any atom is -0.355 e. The molecule has 0 aliphatic carbocycles. The predicted octanol–water partition coefficient (Wildman–Crippen LogP) is 1.22. The number of hydrogen-bond donors (Lipinski definition) is 0. The lowest BCUT2D eigenvalue weighted by molar-refractivity contribution is 0.0740. The summed E-state index contributed by atoms with van der Waals surface area (Å²) in [6, 6.07) is 1.80. The molecule has 0 N–H and O–H groups in total. The molecule has 0 spiro atoms. The minimum atomic E-state index is -0.0590. The van der Waals surface area contributed by atoms with Gasteiger partial charge in [-0.2, -0.15) is 0 Å². The van der Waals surface area contributed by atoms with Crippen LogP contribution < -0.4 is 9.80 Å². The number of amides is 1. The van der Waals surface area contributed by atoms with E-state index in [9.17, 15) is 4.79 Å². The highest BCUT2D eigenvalue weighted by Crippen LogP contribution is 2.17. The fourth-order valence-electron chi connectivity index (χ4n) is 3.44. The summed E-state index contributed by atoms with van der Waals surface area (Å²) >= 11 is 0. The lowest BCUT2D eigenvalue weighted by Crippen LogP contribution is -2.49. The second-order valence-electron chi connectivity index (χ2n) is 6.64. The topological polar surface area (TPSA) is 78.4 Å². The largest absolute Gasteiger partial charge is 0.355 e. The van der Waals surface area contributed by atoms with Gasteiger partial charge in [0, 0.05) is 51.7 Å². The number of carbonyl (C=O) groups excluding carboxylic acids is 1. The van der Waals surface area contributed by atoms with E-state index in [2.05, 4.69) is 29.7 Å². The Morgan fingerprint density at radius 2 is 1.50 bits per heavy atom. The molecular formula is C18H23N7O. The first-order valence-corrected chi connectivity index (χ1v) is 9.19. The van der Waals surface area contributed by atoms with Crippen LogP contribution in [0.15, 0.2) is 30.9 Å². The number of piperazine rings is 1. The molecule has 0 atom stereocenters. The summed E-state index contributed by atoms with van der Waals surface area (Å²) in [6.07, 6.45) is 10.5. The second kappa shape index (κ2) is 7.63. The molecule has 8 nitrogen and oxygen atoms in total. The van der Waals surface area contributed by atoms with Gasteiger partial charge in [-0.3, -0.25) is 4.79 Å². The molecule has 2 fully saturated rings. The number of rotatable bonds is 3. The van der Waals surface area contributed by atoms with Crippen LogP contribution in [0.2, 0.25) is 0 Å². The van der Waals surface area contributed by atoms with Crippen molar-refractivity contribution in [3.05, 3.63) is 36.5 Å². The van der Waals surface area contributed by atoms with Gasteiger partial charge in [0.2, 0.25) is 5.95 Å². The van der Waals surface area contributed by atoms with Gasteiger partial charge in [-0.15, -0.1) is 0 Å². The maximum absolute atomic E-state index is 12.7. The zero-order valence-electron chi connectivity index (χ0n) is 14.8. The van der Waals surface area contributed by atoms with Gasteiger partial charge in [0.05, 0.1) is 12.4 Å². The van der Waals surface area contributed by atoms with Crippen LogP contribution in [0.5, 0.6) is 0 Å². The molecule has 8 heteroatoms. The van der Waals surface area contributed by atoms with Gasteiger partial charge >= 0.3 is 0 Å². The molecule has 4 rings (SSSR count). The Labute approximate surface area is 152 Å². The Bertz CT molecular complexity index is 723. The average Bonchev–Trinajstić information content (AvgIpc) is 2.75. The van der Waals surface area contributed by atoms with E-state index in [0.29, 0.717) is 24.7 Å². The number of nitrogens with zero attached hydrogens (tertiary/aromatic N) is 7. The van der Waals surface area contributed by atoms with Crippen molar-refractivity contribution in [2.24, 2.45) is 0 Å². The van der Waals surface area contributed by atoms with E-state index in [1.807, 2.05) is 4.90 Å². The van der Waals surface area contributed by atoms with Gasteiger partial charge in [0.15, 0.2) is 0 Å². The highest BCUT2D eigenvalue weighted by atomic mass is 16.2. The standard InChI is InChI=1S/C18H23N7O/c26-17(15-13-22-16(14-21-15)23-7-2-1-3-8-23)24-9-11-25(12-10-24)18-19-5-4-6-20-18/h4-6,13-14H,1-3,7-12H2. The lowest BCUT2D eigenvalue weighted by Gasteiger charge is -2.34. The van der Waals surface area contributed by atoms with E-state index in [1.54, 1.807) is 30.9 Å². The number of carbonyl (C=O) groups is 1. The van der Waals surface area contributed by atoms with Crippen molar-refractivity contribution in [2.75, 3.05) is 49.1 Å². The molecule has 0 aromatic carbocycles. The van der Waals surface area contributed by atoms with Crippen molar-refractivity contribution in [3.63, 3.8) is 0 Å². The second-order valence-corrected chi connectivity index (χ2v) is 6.64. The first-order valence-electron chi connectivity index (χ1n) is 9.19. The van der Waals surface area contributed by atoms with E-state index in [-0.39, 0.29) is 5.91 Å². The maximum Gasteiger partial charge on any atom is 0.274 e. The molecule has 2 saturated heterocycles. The molecule has 4 heterocycles. The predicted molar refractivity (Wildman–Crippen MR) is 98.2 cm³/mol. The Morgan fingerprint density at radius 3 is 2.15 bits per heavy atom. The number of aromatic nitrogens is 4. The number of piperidine rings is 1. The fourth-order valence-corrected chi connectivity index (χ4v) is 3.44. The Kier molecular flexibility index (Phi) is 4.90. The highest BCUT2D eigenvalue weighted by Gasteiger charge is 2.24. The van der Waals surface area contributed by atoms with Gasteiger partial charge in [-0.1, -0.05) is 0 Å². The molecule has 2 aromatic rings. The van der Waals surface area contributed by atoms with E-state index in [0.717, 1.165) is 32.0 Å². The number of anilines is 2. The molecule has 0 saturated carbocycles. The summed E-state index contributed by atoms with van der Waals surface area (Å²) < 4.78 is 0. The molecule has 2 aromatic heterocycles. The number of hydrogen-bond acceptors (Lipinski definition) is 7.